The maximum absolute atomic E-state index is 11.7. The quantitative estimate of drug-likeness (QED) is 0.371. The Labute approximate surface area is 117 Å². The van der Waals surface area contributed by atoms with Crippen LogP contribution >= 0.6 is 0 Å². The van der Waals surface area contributed by atoms with Crippen LogP contribution < -0.4 is 0 Å². The first-order valence-electron chi connectivity index (χ1n) is 6.52. The standard InChI is InChI=1S/C13H26O5Si/c1-7-9-18-13(14)11(3)10-12(8-2)19(15-4,16-5)17-6/h10,12H,7-9H2,1-6H3. The van der Waals surface area contributed by atoms with Crippen LogP contribution in [-0.2, 0) is 22.8 Å². The lowest BCUT2D eigenvalue weighted by Gasteiger charge is -2.30. The summed E-state index contributed by atoms with van der Waals surface area (Å²) in [5.41, 5.74) is 0.491. The summed E-state index contributed by atoms with van der Waals surface area (Å²) in [4.78, 5) is 11.7. The Kier molecular flexibility index (Phi) is 8.91. The van der Waals surface area contributed by atoms with Gasteiger partial charge in [-0.25, -0.2) is 4.79 Å². The van der Waals surface area contributed by atoms with Crippen molar-refractivity contribution in [1.29, 1.82) is 0 Å². The highest BCUT2D eigenvalue weighted by Gasteiger charge is 2.45. The molecular weight excluding hydrogens is 264 g/mol. The molecule has 0 rings (SSSR count). The molecule has 0 saturated carbocycles. The predicted octanol–water partition coefficient (Wildman–Crippen LogP) is 2.54. The van der Waals surface area contributed by atoms with E-state index < -0.39 is 8.80 Å². The van der Waals surface area contributed by atoms with Gasteiger partial charge in [0.05, 0.1) is 6.61 Å². The monoisotopic (exact) mass is 290 g/mol. The summed E-state index contributed by atoms with van der Waals surface area (Å²) in [6.45, 7) is 6.13. The smallest absolute Gasteiger partial charge is 0.462 e. The lowest BCUT2D eigenvalue weighted by Crippen LogP contribution is -2.47. The summed E-state index contributed by atoms with van der Waals surface area (Å²) < 4.78 is 21.4. The lowest BCUT2D eigenvalue weighted by molar-refractivity contribution is -0.139. The van der Waals surface area contributed by atoms with Crippen LogP contribution in [0, 0.1) is 0 Å². The molecule has 0 aliphatic heterocycles. The van der Waals surface area contributed by atoms with E-state index in [-0.39, 0.29) is 11.5 Å². The second-order valence-electron chi connectivity index (χ2n) is 4.22. The third-order valence-electron chi connectivity index (χ3n) is 2.96. The topological polar surface area (TPSA) is 54.0 Å². The van der Waals surface area contributed by atoms with Crippen LogP contribution in [0.5, 0.6) is 0 Å². The van der Waals surface area contributed by atoms with Gasteiger partial charge in [0.15, 0.2) is 0 Å². The van der Waals surface area contributed by atoms with Crippen molar-refractivity contribution >= 4 is 14.8 Å². The summed E-state index contributed by atoms with van der Waals surface area (Å²) in [5.74, 6) is -0.300. The second kappa shape index (κ2) is 9.25. The molecule has 5 nitrogen and oxygen atoms in total. The van der Waals surface area contributed by atoms with Crippen molar-refractivity contribution < 1.29 is 22.8 Å². The van der Waals surface area contributed by atoms with Crippen LogP contribution in [0.3, 0.4) is 0 Å². The van der Waals surface area contributed by atoms with Gasteiger partial charge in [-0.15, -0.1) is 0 Å². The van der Waals surface area contributed by atoms with E-state index in [4.69, 9.17) is 18.0 Å². The van der Waals surface area contributed by atoms with E-state index in [1.807, 2.05) is 19.9 Å². The number of ether oxygens (including phenoxy) is 1. The number of rotatable bonds is 9. The van der Waals surface area contributed by atoms with Crippen molar-refractivity contribution in [2.24, 2.45) is 0 Å². The molecule has 0 aliphatic carbocycles. The highest BCUT2D eigenvalue weighted by Crippen LogP contribution is 2.30. The van der Waals surface area contributed by atoms with Crippen LogP contribution in [0.25, 0.3) is 0 Å². The van der Waals surface area contributed by atoms with Crippen molar-refractivity contribution in [2.45, 2.75) is 39.2 Å². The fourth-order valence-corrected chi connectivity index (χ4v) is 4.21. The van der Waals surface area contributed by atoms with Crippen molar-refractivity contribution in [3.05, 3.63) is 11.6 Å². The molecule has 0 saturated heterocycles. The van der Waals surface area contributed by atoms with Crippen LogP contribution in [-0.4, -0.2) is 42.7 Å². The van der Waals surface area contributed by atoms with Gasteiger partial charge in [0.1, 0.15) is 0 Å². The van der Waals surface area contributed by atoms with Gasteiger partial charge in [-0.2, -0.15) is 0 Å². The van der Waals surface area contributed by atoms with Gasteiger partial charge in [-0.05, 0) is 19.8 Å². The Balaban J connectivity index is 4.99. The molecule has 1 unspecified atom stereocenters. The number of carbonyl (C=O) groups is 1. The van der Waals surface area contributed by atoms with Gasteiger partial charge in [-0.1, -0.05) is 19.9 Å². The lowest BCUT2D eigenvalue weighted by atomic mass is 10.2. The molecule has 0 aliphatic rings. The molecular formula is C13H26O5Si. The highest BCUT2D eigenvalue weighted by molar-refractivity contribution is 6.62. The van der Waals surface area contributed by atoms with E-state index in [1.165, 1.54) is 0 Å². The van der Waals surface area contributed by atoms with Crippen molar-refractivity contribution in [2.75, 3.05) is 27.9 Å². The number of allylic oxidation sites excluding steroid dienone is 1. The van der Waals surface area contributed by atoms with Crippen LogP contribution in [0.1, 0.15) is 33.6 Å². The molecule has 0 N–H and O–H groups in total. The molecule has 0 radical (unpaired) electrons. The first-order valence-corrected chi connectivity index (χ1v) is 8.32. The van der Waals surface area contributed by atoms with E-state index in [9.17, 15) is 4.79 Å². The van der Waals surface area contributed by atoms with Crippen molar-refractivity contribution in [3.63, 3.8) is 0 Å². The van der Waals surface area contributed by atoms with Crippen LogP contribution in [0.15, 0.2) is 11.6 Å². The zero-order chi connectivity index (χ0) is 14.9. The zero-order valence-electron chi connectivity index (χ0n) is 12.8. The first-order chi connectivity index (χ1) is 9.01. The van der Waals surface area contributed by atoms with Crippen molar-refractivity contribution in [3.8, 4) is 0 Å². The third kappa shape index (κ3) is 5.06. The Hall–Kier alpha value is -0.693. The average Bonchev–Trinajstić information content (AvgIpc) is 2.45. The fourth-order valence-electron chi connectivity index (χ4n) is 1.85. The third-order valence-corrected chi connectivity index (χ3v) is 6.15. The maximum Gasteiger partial charge on any atom is 0.507 e. The molecule has 0 bridgehead atoms. The van der Waals surface area contributed by atoms with Gasteiger partial charge < -0.3 is 18.0 Å². The predicted molar refractivity (Wildman–Crippen MR) is 75.8 cm³/mol. The molecule has 19 heavy (non-hydrogen) atoms. The highest BCUT2D eigenvalue weighted by atomic mass is 28.4. The summed E-state index contributed by atoms with van der Waals surface area (Å²) >= 11 is 0. The molecule has 0 aromatic carbocycles. The van der Waals surface area contributed by atoms with Gasteiger partial charge in [-0.3, -0.25) is 0 Å². The number of carbonyl (C=O) groups excluding carboxylic acids is 1. The van der Waals surface area contributed by atoms with Gasteiger partial charge in [0, 0.05) is 32.4 Å². The Morgan fingerprint density at radius 2 is 1.68 bits per heavy atom. The normalized spacial score (nSPS) is 14.3. The minimum absolute atomic E-state index is 0.0679. The molecule has 0 spiro atoms. The Morgan fingerprint density at radius 3 is 2.05 bits per heavy atom. The molecule has 0 aromatic rings. The molecule has 0 amide bonds. The molecule has 6 heteroatoms. The summed E-state index contributed by atoms with van der Waals surface area (Å²) in [6.07, 6.45) is 3.41. The second-order valence-corrected chi connectivity index (χ2v) is 7.39. The fraction of sp³-hybridized carbons (Fsp3) is 0.769. The molecule has 0 aromatic heterocycles. The molecule has 0 heterocycles. The summed E-state index contributed by atoms with van der Waals surface area (Å²) in [6, 6.07) is 0. The number of hydrogen-bond donors (Lipinski definition) is 0. The number of esters is 1. The van der Waals surface area contributed by atoms with Crippen LogP contribution in [0.2, 0.25) is 5.54 Å². The van der Waals surface area contributed by atoms with Crippen molar-refractivity contribution in [1.82, 2.24) is 0 Å². The Morgan fingerprint density at radius 1 is 1.16 bits per heavy atom. The summed E-state index contributed by atoms with van der Waals surface area (Å²) in [5, 5.41) is 0. The molecule has 1 atom stereocenters. The van der Waals surface area contributed by atoms with Gasteiger partial charge in [0.25, 0.3) is 0 Å². The number of hydrogen-bond acceptors (Lipinski definition) is 5. The van der Waals surface area contributed by atoms with E-state index in [0.717, 1.165) is 12.8 Å². The van der Waals surface area contributed by atoms with E-state index >= 15 is 0 Å². The minimum atomic E-state index is -2.77. The molecule has 0 fully saturated rings. The largest absolute Gasteiger partial charge is 0.507 e. The maximum atomic E-state index is 11.7. The van der Waals surface area contributed by atoms with E-state index in [1.54, 1.807) is 28.3 Å². The summed E-state index contributed by atoms with van der Waals surface area (Å²) in [7, 11) is 1.94. The van der Waals surface area contributed by atoms with Gasteiger partial charge in [0.2, 0.25) is 0 Å². The minimum Gasteiger partial charge on any atom is -0.462 e. The first kappa shape index (κ1) is 18.3. The Bertz CT molecular complexity index is 291. The average molecular weight is 290 g/mol. The van der Waals surface area contributed by atoms with E-state index in [2.05, 4.69) is 0 Å². The van der Waals surface area contributed by atoms with Gasteiger partial charge >= 0.3 is 14.8 Å². The zero-order valence-corrected chi connectivity index (χ0v) is 13.8. The SMILES string of the molecule is CCCOC(=O)C(C)=CC(CC)[Si](OC)(OC)OC. The van der Waals surface area contributed by atoms with Crippen LogP contribution in [0.4, 0.5) is 0 Å². The molecule has 112 valence electrons. The van der Waals surface area contributed by atoms with E-state index in [0.29, 0.717) is 12.2 Å².